The van der Waals surface area contributed by atoms with Crippen LogP contribution in [0.4, 0.5) is 26.3 Å². The SMILES string of the molecule is C[C@H](Oc1ccc(S(C)(=O)=O)cc1C(=O)N1C=C2C=C(C(F)(F)F)NC=C2C1)C(F)(F)F. The predicted molar refractivity (Wildman–Crippen MR) is 100 cm³/mol. The van der Waals surface area contributed by atoms with Gasteiger partial charge in [-0.2, -0.15) is 26.3 Å². The average molecular weight is 482 g/mol. The van der Waals surface area contributed by atoms with Gasteiger partial charge < -0.3 is 15.0 Å². The molecular formula is C19H16F6N2O4S. The van der Waals surface area contributed by atoms with Crippen LogP contribution in [0.25, 0.3) is 0 Å². The van der Waals surface area contributed by atoms with Gasteiger partial charge in [-0.1, -0.05) is 0 Å². The first-order valence-electron chi connectivity index (χ1n) is 8.92. The molecule has 2 aliphatic heterocycles. The van der Waals surface area contributed by atoms with E-state index in [0.29, 0.717) is 12.5 Å². The zero-order valence-corrected chi connectivity index (χ0v) is 17.3. The van der Waals surface area contributed by atoms with Crippen LogP contribution in [0, 0.1) is 0 Å². The van der Waals surface area contributed by atoms with Crippen LogP contribution in [-0.4, -0.2) is 50.5 Å². The summed E-state index contributed by atoms with van der Waals surface area (Å²) in [5, 5.41) is 2.08. The predicted octanol–water partition coefficient (Wildman–Crippen LogP) is 3.69. The minimum Gasteiger partial charge on any atom is -0.480 e. The summed E-state index contributed by atoms with van der Waals surface area (Å²) < 4.78 is 106. The molecule has 174 valence electrons. The lowest BCUT2D eigenvalue weighted by Crippen LogP contribution is -2.32. The number of carbonyl (C=O) groups excluding carboxylic acids is 1. The van der Waals surface area contributed by atoms with Crippen LogP contribution in [0.5, 0.6) is 5.75 Å². The normalized spacial score (nSPS) is 17.6. The second-order valence-corrected chi connectivity index (χ2v) is 9.13. The molecule has 32 heavy (non-hydrogen) atoms. The molecule has 0 aromatic heterocycles. The summed E-state index contributed by atoms with van der Waals surface area (Å²) >= 11 is 0. The molecule has 13 heteroatoms. The van der Waals surface area contributed by atoms with Gasteiger partial charge in [0, 0.05) is 18.7 Å². The first-order chi connectivity index (χ1) is 14.6. The van der Waals surface area contributed by atoms with Crippen molar-refractivity contribution in [1.82, 2.24) is 10.2 Å². The first-order valence-corrected chi connectivity index (χ1v) is 10.8. The van der Waals surface area contributed by atoms with Crippen molar-refractivity contribution in [3.05, 3.63) is 59.1 Å². The van der Waals surface area contributed by atoms with Crippen LogP contribution >= 0.6 is 0 Å². The summed E-state index contributed by atoms with van der Waals surface area (Å²) in [5.74, 6) is -1.45. The number of allylic oxidation sites excluding steroid dienone is 2. The maximum atomic E-state index is 13.0. The van der Waals surface area contributed by atoms with Gasteiger partial charge in [-0.3, -0.25) is 4.79 Å². The summed E-state index contributed by atoms with van der Waals surface area (Å²) in [7, 11) is -3.82. The molecule has 0 bridgehead atoms. The quantitative estimate of drug-likeness (QED) is 0.663. The summed E-state index contributed by atoms with van der Waals surface area (Å²) in [6, 6.07) is 2.81. The highest BCUT2D eigenvalue weighted by Gasteiger charge is 2.40. The van der Waals surface area contributed by atoms with Crippen molar-refractivity contribution in [2.45, 2.75) is 30.3 Å². The molecule has 1 atom stereocenters. The molecule has 0 saturated carbocycles. The fourth-order valence-corrected chi connectivity index (χ4v) is 3.56. The summed E-state index contributed by atoms with van der Waals surface area (Å²) in [6.07, 6.45) is -7.90. The number of dihydropyridines is 1. The third-order valence-electron chi connectivity index (χ3n) is 4.65. The third kappa shape index (κ3) is 4.92. The molecule has 2 heterocycles. The number of ether oxygens (including phenoxy) is 1. The van der Waals surface area contributed by atoms with Crippen molar-refractivity contribution < 1.29 is 44.3 Å². The minimum absolute atomic E-state index is 0.0785. The van der Waals surface area contributed by atoms with Crippen LogP contribution in [0.3, 0.4) is 0 Å². The van der Waals surface area contributed by atoms with Crippen molar-refractivity contribution in [2.24, 2.45) is 0 Å². The van der Waals surface area contributed by atoms with E-state index in [0.717, 1.165) is 47.8 Å². The van der Waals surface area contributed by atoms with Gasteiger partial charge in [-0.15, -0.1) is 0 Å². The highest BCUT2D eigenvalue weighted by atomic mass is 32.2. The summed E-state index contributed by atoms with van der Waals surface area (Å²) in [4.78, 5) is 13.7. The molecule has 1 amide bonds. The lowest BCUT2D eigenvalue weighted by Gasteiger charge is -2.21. The van der Waals surface area contributed by atoms with Crippen molar-refractivity contribution in [2.75, 3.05) is 12.8 Å². The maximum Gasteiger partial charge on any atom is 0.431 e. The molecule has 0 spiro atoms. The topological polar surface area (TPSA) is 75.7 Å². The van der Waals surface area contributed by atoms with Crippen LogP contribution in [-0.2, 0) is 9.84 Å². The van der Waals surface area contributed by atoms with E-state index in [1.54, 1.807) is 0 Å². The number of carbonyl (C=O) groups is 1. The number of alkyl halides is 6. The fourth-order valence-electron chi connectivity index (χ4n) is 2.91. The second kappa shape index (κ2) is 7.87. The lowest BCUT2D eigenvalue weighted by molar-refractivity contribution is -0.189. The Morgan fingerprint density at radius 3 is 2.41 bits per heavy atom. The van der Waals surface area contributed by atoms with E-state index in [4.69, 9.17) is 4.74 Å². The minimum atomic E-state index is -4.75. The van der Waals surface area contributed by atoms with Crippen LogP contribution in [0.2, 0.25) is 0 Å². The number of hydrogen-bond acceptors (Lipinski definition) is 5. The van der Waals surface area contributed by atoms with Gasteiger partial charge in [-0.05, 0) is 42.3 Å². The van der Waals surface area contributed by atoms with Crippen molar-refractivity contribution in [3.63, 3.8) is 0 Å². The number of nitrogens with zero attached hydrogens (tertiary/aromatic N) is 1. The van der Waals surface area contributed by atoms with Crippen LogP contribution in [0.15, 0.2) is 58.4 Å². The van der Waals surface area contributed by atoms with E-state index in [9.17, 15) is 39.6 Å². The molecule has 0 aliphatic carbocycles. The van der Waals surface area contributed by atoms with Crippen LogP contribution in [0.1, 0.15) is 17.3 Å². The lowest BCUT2D eigenvalue weighted by atomic mass is 10.1. The molecule has 0 saturated heterocycles. The monoisotopic (exact) mass is 482 g/mol. The highest BCUT2D eigenvalue weighted by Crippen LogP contribution is 2.34. The van der Waals surface area contributed by atoms with E-state index in [1.165, 1.54) is 0 Å². The Hall–Kier alpha value is -2.96. The molecule has 0 fully saturated rings. The Balaban J connectivity index is 2.00. The molecule has 1 aromatic carbocycles. The van der Waals surface area contributed by atoms with Crippen molar-refractivity contribution >= 4 is 15.7 Å². The fraction of sp³-hybridized carbons (Fsp3) is 0.316. The highest BCUT2D eigenvalue weighted by molar-refractivity contribution is 7.90. The second-order valence-electron chi connectivity index (χ2n) is 7.12. The van der Waals surface area contributed by atoms with E-state index >= 15 is 0 Å². The average Bonchev–Trinajstić information content (AvgIpc) is 3.08. The summed E-state index contributed by atoms with van der Waals surface area (Å²) in [5.41, 5.74) is -1.12. The molecule has 0 radical (unpaired) electrons. The van der Waals surface area contributed by atoms with Gasteiger partial charge >= 0.3 is 12.4 Å². The standard InChI is InChI=1S/C19H16F6N2O4S/c1-10(18(20,21)22)31-15-4-3-13(32(2,29)30)6-14(15)17(28)27-8-11-5-16(19(23,24)25)26-7-12(11)9-27/h3-8,10,26H,9H2,1-2H3/t10-/m0/s1. The Bertz CT molecular complexity index is 1150. The van der Waals surface area contributed by atoms with Gasteiger partial charge in [0.1, 0.15) is 11.4 Å². The Labute approximate surface area is 178 Å². The Kier molecular flexibility index (Phi) is 5.83. The molecule has 3 rings (SSSR count). The van der Waals surface area contributed by atoms with E-state index < -0.39 is 51.2 Å². The van der Waals surface area contributed by atoms with Crippen LogP contribution < -0.4 is 10.1 Å². The third-order valence-corrected chi connectivity index (χ3v) is 5.76. The number of sulfone groups is 1. The molecule has 1 aromatic rings. The number of hydrogen-bond donors (Lipinski definition) is 1. The van der Waals surface area contributed by atoms with Gasteiger partial charge in [0.15, 0.2) is 15.9 Å². The molecule has 2 aliphatic rings. The van der Waals surface area contributed by atoms with Gasteiger partial charge in [0.25, 0.3) is 5.91 Å². The van der Waals surface area contributed by atoms with Crippen molar-refractivity contribution in [1.29, 1.82) is 0 Å². The van der Waals surface area contributed by atoms with Gasteiger partial charge in [0.05, 0.1) is 17.0 Å². The van der Waals surface area contributed by atoms with E-state index in [-0.39, 0.29) is 17.0 Å². The molecule has 1 N–H and O–H groups in total. The number of rotatable bonds is 4. The van der Waals surface area contributed by atoms with E-state index in [2.05, 4.69) is 5.32 Å². The molecule has 0 unspecified atom stereocenters. The Morgan fingerprint density at radius 2 is 1.84 bits per heavy atom. The number of benzene rings is 1. The van der Waals surface area contributed by atoms with Gasteiger partial charge in [-0.25, -0.2) is 8.42 Å². The smallest absolute Gasteiger partial charge is 0.431 e. The number of fused-ring (bicyclic) bond motifs is 1. The molecular weight excluding hydrogens is 466 g/mol. The number of halogens is 6. The van der Waals surface area contributed by atoms with E-state index in [1.807, 2.05) is 0 Å². The zero-order chi connectivity index (χ0) is 24.1. The zero-order valence-electron chi connectivity index (χ0n) is 16.5. The molecule has 6 nitrogen and oxygen atoms in total. The Morgan fingerprint density at radius 1 is 1.19 bits per heavy atom. The van der Waals surface area contributed by atoms with Crippen molar-refractivity contribution in [3.8, 4) is 5.75 Å². The number of nitrogens with one attached hydrogen (secondary N) is 1. The number of amides is 1. The maximum absolute atomic E-state index is 13.0. The van der Waals surface area contributed by atoms with Gasteiger partial charge in [0.2, 0.25) is 0 Å². The first kappa shape index (κ1) is 23.7. The largest absolute Gasteiger partial charge is 0.480 e. The summed E-state index contributed by atoms with van der Waals surface area (Å²) in [6.45, 7) is 0.533.